The van der Waals surface area contributed by atoms with Crippen molar-refractivity contribution < 1.29 is 4.39 Å². The molecule has 2 aromatic rings. The van der Waals surface area contributed by atoms with Crippen LogP contribution in [0.5, 0.6) is 0 Å². The van der Waals surface area contributed by atoms with E-state index in [0.29, 0.717) is 21.5 Å². The molecular weight excluding hydrogens is 273 g/mol. The van der Waals surface area contributed by atoms with Gasteiger partial charge in [-0.2, -0.15) is 0 Å². The van der Waals surface area contributed by atoms with Gasteiger partial charge in [-0.05, 0) is 18.6 Å². The second kappa shape index (κ2) is 6.20. The fraction of sp³-hybridized carbons (Fsp3) is 0.333. The number of benzene rings is 1. The Labute approximate surface area is 114 Å². The molecule has 0 aliphatic rings. The highest BCUT2D eigenvalue weighted by Gasteiger charge is 2.09. The van der Waals surface area contributed by atoms with Crippen LogP contribution in [0.25, 0.3) is 0 Å². The molecule has 1 heterocycles. The Balaban J connectivity index is 2.02. The number of aryl methyl sites for hydroxylation is 1. The van der Waals surface area contributed by atoms with Crippen molar-refractivity contribution in [3.63, 3.8) is 0 Å². The van der Waals surface area contributed by atoms with Crippen molar-refractivity contribution in [3.05, 3.63) is 40.4 Å². The zero-order chi connectivity index (χ0) is 13.0. The molecule has 0 radical (unpaired) electrons. The second-order valence-corrected chi connectivity index (χ2v) is 5.15. The van der Waals surface area contributed by atoms with Crippen LogP contribution in [-0.2, 0) is 12.2 Å². The zero-order valence-corrected chi connectivity index (χ0v) is 11.5. The van der Waals surface area contributed by atoms with Crippen LogP contribution in [0, 0.1) is 5.82 Å². The molecule has 0 aliphatic heterocycles. The smallest absolute Gasteiger partial charge is 0.208 e. The molecule has 2 rings (SSSR count). The first-order valence-corrected chi connectivity index (χ1v) is 7.04. The molecule has 0 aliphatic carbocycles. The lowest BCUT2D eigenvalue weighted by atomic mass is 10.2. The van der Waals surface area contributed by atoms with Crippen LogP contribution in [0.2, 0.25) is 5.02 Å². The summed E-state index contributed by atoms with van der Waals surface area (Å²) in [5.41, 5.74) is 0.492. The minimum atomic E-state index is -0.292. The lowest BCUT2D eigenvalue weighted by Crippen LogP contribution is -1.89. The van der Waals surface area contributed by atoms with E-state index < -0.39 is 0 Å². The van der Waals surface area contributed by atoms with Gasteiger partial charge in [0.25, 0.3) is 0 Å². The van der Waals surface area contributed by atoms with Crippen LogP contribution in [0.1, 0.15) is 24.7 Å². The number of nitrogens with zero attached hydrogens (tertiary/aromatic N) is 2. The van der Waals surface area contributed by atoms with Gasteiger partial charge in [-0.15, -0.1) is 5.10 Å². The number of aromatic nitrogens is 3. The molecule has 0 amide bonds. The maximum atomic E-state index is 13.5. The van der Waals surface area contributed by atoms with Gasteiger partial charge < -0.3 is 0 Å². The highest BCUT2D eigenvalue weighted by Crippen LogP contribution is 2.26. The maximum absolute atomic E-state index is 13.5. The summed E-state index contributed by atoms with van der Waals surface area (Å²) in [6.45, 7) is 2.08. The lowest BCUT2D eigenvalue weighted by Gasteiger charge is -2.03. The van der Waals surface area contributed by atoms with E-state index in [2.05, 4.69) is 22.1 Å². The number of hydrogen-bond acceptors (Lipinski definition) is 3. The largest absolute Gasteiger partial charge is 0.262 e. The summed E-state index contributed by atoms with van der Waals surface area (Å²) >= 11 is 7.32. The number of thioether (sulfide) groups is 1. The van der Waals surface area contributed by atoms with Crippen molar-refractivity contribution in [2.45, 2.75) is 30.7 Å². The highest BCUT2D eigenvalue weighted by molar-refractivity contribution is 7.98. The number of nitrogens with one attached hydrogen (secondary N) is 1. The molecule has 0 unspecified atom stereocenters. The van der Waals surface area contributed by atoms with E-state index in [0.717, 1.165) is 18.7 Å². The Morgan fingerprint density at radius 2 is 2.28 bits per heavy atom. The topological polar surface area (TPSA) is 41.6 Å². The maximum Gasteiger partial charge on any atom is 0.208 e. The molecule has 96 valence electrons. The third-order valence-corrected chi connectivity index (χ3v) is 3.63. The highest BCUT2D eigenvalue weighted by atomic mass is 35.5. The Bertz CT molecular complexity index is 510. The molecule has 0 saturated heterocycles. The van der Waals surface area contributed by atoms with Gasteiger partial charge in [-0.25, -0.2) is 9.37 Å². The van der Waals surface area contributed by atoms with Gasteiger partial charge in [0.05, 0.1) is 0 Å². The SMILES string of the molecule is CCCc1nc(SCc2c(F)cccc2Cl)n[nH]1. The summed E-state index contributed by atoms with van der Waals surface area (Å²) in [5.74, 6) is 0.994. The van der Waals surface area contributed by atoms with E-state index in [1.54, 1.807) is 12.1 Å². The number of rotatable bonds is 5. The van der Waals surface area contributed by atoms with Crippen molar-refractivity contribution in [3.8, 4) is 0 Å². The third-order valence-electron chi connectivity index (χ3n) is 2.41. The average molecular weight is 286 g/mol. The number of hydrogen-bond donors (Lipinski definition) is 1. The molecule has 0 fully saturated rings. The normalized spacial score (nSPS) is 10.8. The first-order chi connectivity index (χ1) is 8.70. The third kappa shape index (κ3) is 3.23. The molecule has 1 N–H and O–H groups in total. The van der Waals surface area contributed by atoms with E-state index in [1.165, 1.54) is 17.8 Å². The Morgan fingerprint density at radius 1 is 1.44 bits per heavy atom. The minimum Gasteiger partial charge on any atom is -0.262 e. The fourth-order valence-electron chi connectivity index (χ4n) is 1.50. The van der Waals surface area contributed by atoms with Gasteiger partial charge in [-0.3, -0.25) is 5.10 Å². The van der Waals surface area contributed by atoms with Crippen LogP contribution in [0.15, 0.2) is 23.4 Å². The van der Waals surface area contributed by atoms with Gasteiger partial charge in [-0.1, -0.05) is 36.4 Å². The van der Waals surface area contributed by atoms with Crippen LogP contribution in [0.4, 0.5) is 4.39 Å². The van der Waals surface area contributed by atoms with Crippen LogP contribution >= 0.6 is 23.4 Å². The molecule has 0 saturated carbocycles. The minimum absolute atomic E-state index is 0.292. The standard InChI is InChI=1S/C12H13ClFN3S/c1-2-4-11-15-12(17-16-11)18-7-8-9(13)5-3-6-10(8)14/h3,5-6H,2,4,7H2,1H3,(H,15,16,17). The lowest BCUT2D eigenvalue weighted by molar-refractivity contribution is 0.617. The molecular formula is C12H13ClFN3S. The second-order valence-electron chi connectivity index (χ2n) is 3.80. The van der Waals surface area contributed by atoms with Crippen molar-refractivity contribution >= 4 is 23.4 Å². The number of H-pyrrole nitrogens is 1. The summed E-state index contributed by atoms with van der Waals surface area (Å²) in [5, 5.41) is 7.99. The summed E-state index contributed by atoms with van der Waals surface area (Å²) in [6, 6.07) is 4.68. The van der Waals surface area contributed by atoms with Gasteiger partial charge in [0.15, 0.2) is 0 Å². The quantitative estimate of drug-likeness (QED) is 0.849. The van der Waals surface area contributed by atoms with E-state index in [9.17, 15) is 4.39 Å². The molecule has 6 heteroatoms. The number of halogens is 2. The van der Waals surface area contributed by atoms with Crippen LogP contribution < -0.4 is 0 Å². The average Bonchev–Trinajstić information content (AvgIpc) is 2.77. The van der Waals surface area contributed by atoms with E-state index in [4.69, 9.17) is 11.6 Å². The van der Waals surface area contributed by atoms with Crippen molar-refractivity contribution in [2.24, 2.45) is 0 Å². The molecule has 1 aromatic heterocycles. The Kier molecular flexibility index (Phi) is 4.60. The molecule has 0 atom stereocenters. The first-order valence-electron chi connectivity index (χ1n) is 5.67. The predicted molar refractivity (Wildman–Crippen MR) is 71.3 cm³/mol. The van der Waals surface area contributed by atoms with Gasteiger partial charge >= 0.3 is 0 Å². The van der Waals surface area contributed by atoms with E-state index >= 15 is 0 Å². The molecule has 0 spiro atoms. The molecule has 0 bridgehead atoms. The number of aromatic amines is 1. The summed E-state index contributed by atoms with van der Waals surface area (Å²) in [6.07, 6.45) is 1.88. The van der Waals surface area contributed by atoms with Gasteiger partial charge in [0, 0.05) is 22.8 Å². The van der Waals surface area contributed by atoms with Gasteiger partial charge in [0.2, 0.25) is 5.16 Å². The Hall–Kier alpha value is -1.07. The van der Waals surface area contributed by atoms with Crippen molar-refractivity contribution in [1.82, 2.24) is 15.2 Å². The van der Waals surface area contributed by atoms with Gasteiger partial charge in [0.1, 0.15) is 11.6 Å². The summed E-state index contributed by atoms with van der Waals surface area (Å²) < 4.78 is 13.5. The first kappa shape index (κ1) is 13.4. The molecule has 3 nitrogen and oxygen atoms in total. The van der Waals surface area contributed by atoms with E-state index in [-0.39, 0.29) is 5.82 Å². The summed E-state index contributed by atoms with van der Waals surface area (Å²) in [7, 11) is 0. The predicted octanol–water partition coefficient (Wildman–Crippen LogP) is 3.84. The molecule has 1 aromatic carbocycles. The summed E-state index contributed by atoms with van der Waals surface area (Å²) in [4.78, 5) is 4.31. The zero-order valence-electron chi connectivity index (χ0n) is 9.91. The Morgan fingerprint density at radius 3 is 3.00 bits per heavy atom. The van der Waals surface area contributed by atoms with Crippen LogP contribution in [-0.4, -0.2) is 15.2 Å². The monoisotopic (exact) mass is 285 g/mol. The molecule has 18 heavy (non-hydrogen) atoms. The van der Waals surface area contributed by atoms with Crippen LogP contribution in [0.3, 0.4) is 0 Å². The fourth-order valence-corrected chi connectivity index (χ4v) is 2.66. The van der Waals surface area contributed by atoms with Crippen molar-refractivity contribution in [1.29, 1.82) is 0 Å². The van der Waals surface area contributed by atoms with Crippen molar-refractivity contribution in [2.75, 3.05) is 0 Å². The van der Waals surface area contributed by atoms with E-state index in [1.807, 2.05) is 0 Å².